The van der Waals surface area contributed by atoms with E-state index in [1.165, 1.54) is 10.8 Å². The average Bonchev–Trinajstić information content (AvgIpc) is 3.18. The van der Waals surface area contributed by atoms with Crippen molar-refractivity contribution in [2.75, 3.05) is 0 Å². The molecule has 228 valence electrons. The van der Waals surface area contributed by atoms with Crippen molar-refractivity contribution in [2.45, 2.75) is 12.3 Å². The van der Waals surface area contributed by atoms with Crippen LogP contribution in [0, 0.1) is 0 Å². The van der Waals surface area contributed by atoms with Crippen LogP contribution in [0.4, 0.5) is 0 Å². The molecule has 0 fully saturated rings. The number of aliphatic imine (C=N–C) groups is 1. The minimum absolute atomic E-state index is 0.0806. The standard InChI is InChI=1S/C43H31N5/c1-3-11-28(12-4-1)41-46-42(29-13-5-2-6-14-29)48-43(47-41)34-18-10-17-32(26-34)30-15-9-16-31(25-30)33-21-22-37-38(27-33)35-19-7-8-20-36(35)39-40(37)45-24-23-44-39/h1-27,41,43,47H,(H,46,48). The first-order valence-corrected chi connectivity index (χ1v) is 16.3. The van der Waals surface area contributed by atoms with Gasteiger partial charge in [0.25, 0.3) is 0 Å². The van der Waals surface area contributed by atoms with E-state index < -0.39 is 0 Å². The lowest BCUT2D eigenvalue weighted by molar-refractivity contribution is 0.409. The summed E-state index contributed by atoms with van der Waals surface area (Å²) < 4.78 is 0. The molecule has 9 rings (SSSR count). The molecule has 7 aromatic carbocycles. The zero-order chi connectivity index (χ0) is 31.9. The molecule has 0 bridgehead atoms. The van der Waals surface area contributed by atoms with E-state index in [1.807, 2.05) is 12.1 Å². The van der Waals surface area contributed by atoms with Crippen LogP contribution in [0.3, 0.4) is 0 Å². The van der Waals surface area contributed by atoms with E-state index in [0.717, 1.165) is 66.6 Å². The van der Waals surface area contributed by atoms with Crippen LogP contribution in [0.15, 0.2) is 169 Å². The molecule has 0 amide bonds. The van der Waals surface area contributed by atoms with Gasteiger partial charge in [0.1, 0.15) is 18.2 Å². The largest absolute Gasteiger partial charge is 0.350 e. The lowest BCUT2D eigenvalue weighted by Crippen LogP contribution is -2.44. The zero-order valence-corrected chi connectivity index (χ0v) is 26.1. The van der Waals surface area contributed by atoms with E-state index in [0.29, 0.717) is 0 Å². The van der Waals surface area contributed by atoms with Crippen LogP contribution in [-0.4, -0.2) is 15.8 Å². The van der Waals surface area contributed by atoms with Gasteiger partial charge >= 0.3 is 0 Å². The topological polar surface area (TPSA) is 62.2 Å². The van der Waals surface area contributed by atoms with Gasteiger partial charge in [-0.1, -0.05) is 133 Å². The predicted octanol–water partition coefficient (Wildman–Crippen LogP) is 9.61. The second kappa shape index (κ2) is 11.9. The summed E-state index contributed by atoms with van der Waals surface area (Å²) >= 11 is 0. The lowest BCUT2D eigenvalue weighted by atomic mass is 9.94. The molecule has 48 heavy (non-hydrogen) atoms. The maximum atomic E-state index is 5.16. The fourth-order valence-electron chi connectivity index (χ4n) is 6.87. The summed E-state index contributed by atoms with van der Waals surface area (Å²) in [6, 6.07) is 53.5. The SMILES string of the molecule is c1ccc(C2=NC(c3cccc(-c4cccc(-c5ccc6c(c5)c5ccccc5c5nccnc65)c4)c3)NC(c3ccccc3)N2)cc1. The summed E-state index contributed by atoms with van der Waals surface area (Å²) in [5, 5.41) is 12.0. The Labute approximate surface area is 278 Å². The van der Waals surface area contributed by atoms with Crippen molar-refractivity contribution in [1.29, 1.82) is 0 Å². The second-order valence-corrected chi connectivity index (χ2v) is 12.2. The van der Waals surface area contributed by atoms with E-state index in [-0.39, 0.29) is 12.3 Å². The quantitative estimate of drug-likeness (QED) is 0.189. The number of benzene rings is 7. The van der Waals surface area contributed by atoms with Crippen LogP contribution in [0.2, 0.25) is 0 Å². The molecule has 1 aromatic heterocycles. The van der Waals surface area contributed by atoms with E-state index >= 15 is 0 Å². The summed E-state index contributed by atoms with van der Waals surface area (Å²) in [6.07, 6.45) is 3.24. The smallest absolute Gasteiger partial charge is 0.131 e. The molecule has 0 radical (unpaired) electrons. The van der Waals surface area contributed by atoms with Crippen molar-refractivity contribution in [3.8, 4) is 22.3 Å². The number of aromatic nitrogens is 2. The Morgan fingerprint density at radius 3 is 1.73 bits per heavy atom. The lowest BCUT2D eigenvalue weighted by Gasteiger charge is -2.32. The van der Waals surface area contributed by atoms with E-state index in [4.69, 9.17) is 9.98 Å². The molecule has 0 spiro atoms. The molecule has 0 aliphatic carbocycles. The van der Waals surface area contributed by atoms with Gasteiger partial charge in [-0.05, 0) is 62.4 Å². The monoisotopic (exact) mass is 617 g/mol. The summed E-state index contributed by atoms with van der Waals surface area (Å²) in [7, 11) is 0. The summed E-state index contributed by atoms with van der Waals surface area (Å²) in [5.41, 5.74) is 9.85. The molecule has 0 saturated carbocycles. The van der Waals surface area contributed by atoms with E-state index in [2.05, 4.69) is 155 Å². The van der Waals surface area contributed by atoms with Crippen molar-refractivity contribution in [3.05, 3.63) is 181 Å². The van der Waals surface area contributed by atoms with Gasteiger partial charge in [0.15, 0.2) is 0 Å². The van der Waals surface area contributed by atoms with Gasteiger partial charge < -0.3 is 5.32 Å². The van der Waals surface area contributed by atoms with Crippen LogP contribution in [-0.2, 0) is 0 Å². The second-order valence-electron chi connectivity index (χ2n) is 12.2. The Balaban J connectivity index is 1.10. The first kappa shape index (κ1) is 28.1. The van der Waals surface area contributed by atoms with Crippen LogP contribution in [0.25, 0.3) is 54.8 Å². The number of nitrogens with one attached hydrogen (secondary N) is 2. The number of amidine groups is 1. The molecule has 2 unspecified atom stereocenters. The summed E-state index contributed by atoms with van der Waals surface area (Å²) in [6.45, 7) is 0. The third-order valence-electron chi connectivity index (χ3n) is 9.22. The van der Waals surface area contributed by atoms with Crippen molar-refractivity contribution in [2.24, 2.45) is 4.99 Å². The third-order valence-corrected chi connectivity index (χ3v) is 9.22. The summed E-state index contributed by atoms with van der Waals surface area (Å²) in [5.74, 6) is 0.878. The molecule has 2 heterocycles. The highest BCUT2D eigenvalue weighted by atomic mass is 15.3. The van der Waals surface area contributed by atoms with Gasteiger partial charge in [-0.15, -0.1) is 0 Å². The molecule has 0 saturated heterocycles. The molecule has 2 N–H and O–H groups in total. The fourth-order valence-corrected chi connectivity index (χ4v) is 6.87. The molecule has 5 nitrogen and oxygen atoms in total. The van der Waals surface area contributed by atoms with Gasteiger partial charge in [0.2, 0.25) is 0 Å². The highest BCUT2D eigenvalue weighted by Gasteiger charge is 2.25. The first-order valence-electron chi connectivity index (χ1n) is 16.3. The van der Waals surface area contributed by atoms with Gasteiger partial charge in [-0.3, -0.25) is 15.3 Å². The van der Waals surface area contributed by atoms with Crippen LogP contribution < -0.4 is 10.6 Å². The number of fused-ring (bicyclic) bond motifs is 6. The highest BCUT2D eigenvalue weighted by molar-refractivity contribution is 6.23. The van der Waals surface area contributed by atoms with Gasteiger partial charge in [-0.2, -0.15) is 0 Å². The minimum Gasteiger partial charge on any atom is -0.350 e. The van der Waals surface area contributed by atoms with Gasteiger partial charge in [0, 0.05) is 28.7 Å². The Morgan fingerprint density at radius 2 is 0.979 bits per heavy atom. The van der Waals surface area contributed by atoms with Crippen LogP contribution in [0.5, 0.6) is 0 Å². The van der Waals surface area contributed by atoms with E-state index in [9.17, 15) is 0 Å². The first-order chi connectivity index (χ1) is 23.8. The minimum atomic E-state index is -0.221. The maximum absolute atomic E-state index is 5.16. The molecule has 2 atom stereocenters. The van der Waals surface area contributed by atoms with Gasteiger partial charge in [-0.25, -0.2) is 4.99 Å². The van der Waals surface area contributed by atoms with Crippen molar-refractivity contribution < 1.29 is 0 Å². The van der Waals surface area contributed by atoms with Crippen LogP contribution >= 0.6 is 0 Å². The average molecular weight is 618 g/mol. The van der Waals surface area contributed by atoms with Gasteiger partial charge in [0.05, 0.1) is 11.0 Å². The molecule has 5 heteroatoms. The highest BCUT2D eigenvalue weighted by Crippen LogP contribution is 2.36. The maximum Gasteiger partial charge on any atom is 0.131 e. The van der Waals surface area contributed by atoms with Crippen LogP contribution in [0.1, 0.15) is 29.0 Å². The number of hydrogen-bond acceptors (Lipinski definition) is 5. The summed E-state index contributed by atoms with van der Waals surface area (Å²) in [4.78, 5) is 14.6. The third kappa shape index (κ3) is 5.07. The molecular formula is C43H31N5. The number of hydrogen-bond donors (Lipinski definition) is 2. The van der Waals surface area contributed by atoms with Crippen molar-refractivity contribution in [3.63, 3.8) is 0 Å². The molecule has 8 aromatic rings. The Kier molecular flexibility index (Phi) is 6.95. The Hall–Kier alpha value is -6.17. The van der Waals surface area contributed by atoms with Crippen molar-refractivity contribution in [1.82, 2.24) is 20.6 Å². The molecular weight excluding hydrogens is 587 g/mol. The number of nitrogens with zero attached hydrogens (tertiary/aromatic N) is 3. The normalized spacial score (nSPS) is 16.1. The van der Waals surface area contributed by atoms with Crippen molar-refractivity contribution >= 4 is 38.4 Å². The fraction of sp³-hybridized carbons (Fsp3) is 0.0465. The van der Waals surface area contributed by atoms with E-state index in [1.54, 1.807) is 12.4 Å². The Bertz CT molecular complexity index is 2440. The number of rotatable bonds is 5. The Morgan fingerprint density at radius 1 is 0.417 bits per heavy atom. The predicted molar refractivity (Wildman–Crippen MR) is 197 cm³/mol. The zero-order valence-electron chi connectivity index (χ0n) is 26.1. The molecule has 1 aliphatic heterocycles. The molecule has 1 aliphatic rings.